The molecule has 0 radical (unpaired) electrons. The molecule has 3 heteroatoms. The summed E-state index contributed by atoms with van der Waals surface area (Å²) >= 11 is 0. The third-order valence-electron chi connectivity index (χ3n) is 2.43. The molecule has 0 aromatic carbocycles. The normalized spacial score (nSPS) is 24.2. The van der Waals surface area contributed by atoms with Crippen LogP contribution in [0, 0.1) is 0 Å². The second-order valence-corrected chi connectivity index (χ2v) is 4.31. The molecule has 1 aliphatic rings. The maximum Gasteiger partial charge on any atom is 0.234 e. The zero-order valence-electron chi connectivity index (χ0n) is 8.35. The van der Waals surface area contributed by atoms with Crippen molar-refractivity contribution >= 4 is 5.91 Å². The molecule has 12 heavy (non-hydrogen) atoms. The van der Waals surface area contributed by atoms with Crippen LogP contribution in [0.4, 0.5) is 0 Å². The van der Waals surface area contributed by atoms with E-state index in [4.69, 9.17) is 0 Å². The van der Waals surface area contributed by atoms with Crippen LogP contribution in [-0.2, 0) is 4.79 Å². The highest BCUT2D eigenvalue weighted by Crippen LogP contribution is 2.19. The number of rotatable bonds is 1. The Labute approximate surface area is 74.1 Å². The molecule has 3 nitrogen and oxygen atoms in total. The first-order valence-electron chi connectivity index (χ1n) is 4.47. The molecule has 0 saturated carbocycles. The number of nitrogens with one attached hydrogen (secondary N) is 1. The molecule has 0 aromatic heterocycles. The molecule has 0 bridgehead atoms. The van der Waals surface area contributed by atoms with Gasteiger partial charge in [-0.25, -0.2) is 0 Å². The Morgan fingerprint density at radius 2 is 2.08 bits per heavy atom. The van der Waals surface area contributed by atoms with E-state index >= 15 is 0 Å². The van der Waals surface area contributed by atoms with Gasteiger partial charge in [0.15, 0.2) is 0 Å². The van der Waals surface area contributed by atoms with Crippen molar-refractivity contribution in [3.05, 3.63) is 0 Å². The minimum absolute atomic E-state index is 0.0993. The zero-order chi connectivity index (χ0) is 9.35. The molecule has 0 aliphatic carbocycles. The molecule has 1 fully saturated rings. The van der Waals surface area contributed by atoms with Crippen molar-refractivity contribution in [2.75, 3.05) is 13.1 Å². The SMILES string of the molecule is CC(C)N1CC(=O)NCC1(C)C. The van der Waals surface area contributed by atoms with Gasteiger partial charge in [-0.1, -0.05) is 0 Å². The molecule has 0 atom stereocenters. The highest BCUT2D eigenvalue weighted by Gasteiger charge is 2.34. The molecule has 0 spiro atoms. The summed E-state index contributed by atoms with van der Waals surface area (Å²) < 4.78 is 0. The standard InChI is InChI=1S/C9H18N2O/c1-7(2)11-5-8(12)10-6-9(11,3)4/h7H,5-6H2,1-4H3,(H,10,12). The van der Waals surface area contributed by atoms with Crippen molar-refractivity contribution in [3.8, 4) is 0 Å². The monoisotopic (exact) mass is 170 g/mol. The Bertz CT molecular complexity index is 187. The summed E-state index contributed by atoms with van der Waals surface area (Å²) in [6.45, 7) is 9.86. The topological polar surface area (TPSA) is 32.3 Å². The van der Waals surface area contributed by atoms with E-state index in [0.29, 0.717) is 12.6 Å². The maximum absolute atomic E-state index is 11.1. The average molecular weight is 170 g/mol. The first-order chi connectivity index (χ1) is 5.43. The van der Waals surface area contributed by atoms with Gasteiger partial charge in [0.1, 0.15) is 0 Å². The van der Waals surface area contributed by atoms with Crippen LogP contribution in [0.15, 0.2) is 0 Å². The molecular weight excluding hydrogens is 152 g/mol. The quantitative estimate of drug-likeness (QED) is 0.625. The van der Waals surface area contributed by atoms with Crippen molar-refractivity contribution in [2.45, 2.75) is 39.3 Å². The number of piperazine rings is 1. The maximum atomic E-state index is 11.1. The lowest BCUT2D eigenvalue weighted by atomic mass is 9.98. The Morgan fingerprint density at radius 3 is 2.50 bits per heavy atom. The molecule has 1 heterocycles. The van der Waals surface area contributed by atoms with E-state index < -0.39 is 0 Å². The Balaban J connectivity index is 2.72. The van der Waals surface area contributed by atoms with E-state index in [2.05, 4.69) is 37.9 Å². The lowest BCUT2D eigenvalue weighted by molar-refractivity contribution is -0.128. The summed E-state index contributed by atoms with van der Waals surface area (Å²) in [5.74, 6) is 0.142. The van der Waals surface area contributed by atoms with Gasteiger partial charge in [0, 0.05) is 18.1 Å². The van der Waals surface area contributed by atoms with E-state index in [0.717, 1.165) is 6.54 Å². The summed E-state index contributed by atoms with van der Waals surface area (Å²) in [5.41, 5.74) is 0.0993. The molecule has 0 aromatic rings. The van der Waals surface area contributed by atoms with Gasteiger partial charge in [-0.3, -0.25) is 9.69 Å². The third kappa shape index (κ3) is 1.78. The van der Waals surface area contributed by atoms with Crippen LogP contribution in [0.3, 0.4) is 0 Å². The number of hydrogen-bond donors (Lipinski definition) is 1. The summed E-state index contributed by atoms with van der Waals surface area (Å²) in [5, 5.41) is 2.88. The molecule has 1 N–H and O–H groups in total. The predicted octanol–water partition coefficient (Wildman–Crippen LogP) is 0.605. The van der Waals surface area contributed by atoms with Gasteiger partial charge in [-0.15, -0.1) is 0 Å². The molecule has 70 valence electrons. The molecular formula is C9H18N2O. The van der Waals surface area contributed by atoms with Gasteiger partial charge >= 0.3 is 0 Å². The zero-order valence-corrected chi connectivity index (χ0v) is 8.35. The lowest BCUT2D eigenvalue weighted by Crippen LogP contribution is -2.62. The minimum atomic E-state index is 0.0993. The van der Waals surface area contributed by atoms with Gasteiger partial charge in [-0.05, 0) is 27.7 Å². The number of amides is 1. The molecule has 0 unspecified atom stereocenters. The minimum Gasteiger partial charge on any atom is -0.353 e. The van der Waals surface area contributed by atoms with Gasteiger partial charge in [0.05, 0.1) is 6.54 Å². The lowest BCUT2D eigenvalue weighted by Gasteiger charge is -2.44. The number of carbonyl (C=O) groups excluding carboxylic acids is 1. The van der Waals surface area contributed by atoms with Gasteiger partial charge < -0.3 is 5.32 Å². The van der Waals surface area contributed by atoms with Crippen molar-refractivity contribution in [2.24, 2.45) is 0 Å². The number of nitrogens with zero attached hydrogens (tertiary/aromatic N) is 1. The van der Waals surface area contributed by atoms with Crippen LogP contribution >= 0.6 is 0 Å². The molecule has 1 amide bonds. The molecule has 1 rings (SSSR count). The van der Waals surface area contributed by atoms with E-state index in [1.54, 1.807) is 0 Å². The first-order valence-corrected chi connectivity index (χ1v) is 4.47. The van der Waals surface area contributed by atoms with Crippen molar-refractivity contribution in [3.63, 3.8) is 0 Å². The highest BCUT2D eigenvalue weighted by molar-refractivity contribution is 5.79. The van der Waals surface area contributed by atoms with E-state index in [-0.39, 0.29) is 11.4 Å². The second kappa shape index (κ2) is 3.05. The Kier molecular flexibility index (Phi) is 2.42. The van der Waals surface area contributed by atoms with Crippen LogP contribution in [0.1, 0.15) is 27.7 Å². The van der Waals surface area contributed by atoms with Crippen molar-refractivity contribution in [1.82, 2.24) is 10.2 Å². The van der Waals surface area contributed by atoms with E-state index in [9.17, 15) is 4.79 Å². The summed E-state index contributed by atoms with van der Waals surface area (Å²) in [7, 11) is 0. The number of hydrogen-bond acceptors (Lipinski definition) is 2. The van der Waals surface area contributed by atoms with Crippen molar-refractivity contribution < 1.29 is 4.79 Å². The van der Waals surface area contributed by atoms with Gasteiger partial charge in [-0.2, -0.15) is 0 Å². The summed E-state index contributed by atoms with van der Waals surface area (Å²) in [6.07, 6.45) is 0. The fraction of sp³-hybridized carbons (Fsp3) is 0.889. The first kappa shape index (κ1) is 9.52. The summed E-state index contributed by atoms with van der Waals surface area (Å²) in [6, 6.07) is 0.436. The van der Waals surface area contributed by atoms with Crippen LogP contribution in [0.25, 0.3) is 0 Å². The van der Waals surface area contributed by atoms with Crippen LogP contribution in [0.5, 0.6) is 0 Å². The smallest absolute Gasteiger partial charge is 0.234 e. The molecule has 1 aliphatic heterocycles. The highest BCUT2D eigenvalue weighted by atomic mass is 16.2. The third-order valence-corrected chi connectivity index (χ3v) is 2.43. The van der Waals surface area contributed by atoms with E-state index in [1.807, 2.05) is 0 Å². The van der Waals surface area contributed by atoms with Gasteiger partial charge in [0.25, 0.3) is 0 Å². The van der Waals surface area contributed by atoms with Crippen LogP contribution in [-0.4, -0.2) is 35.5 Å². The average Bonchev–Trinajstić information content (AvgIpc) is 1.94. The van der Waals surface area contributed by atoms with Crippen LogP contribution in [0.2, 0.25) is 0 Å². The second-order valence-electron chi connectivity index (χ2n) is 4.31. The largest absolute Gasteiger partial charge is 0.353 e. The number of carbonyl (C=O) groups is 1. The van der Waals surface area contributed by atoms with Crippen LogP contribution < -0.4 is 5.32 Å². The molecule has 1 saturated heterocycles. The summed E-state index contributed by atoms with van der Waals surface area (Å²) in [4.78, 5) is 13.3. The van der Waals surface area contributed by atoms with E-state index in [1.165, 1.54) is 0 Å². The Morgan fingerprint density at radius 1 is 1.50 bits per heavy atom. The predicted molar refractivity (Wildman–Crippen MR) is 48.9 cm³/mol. The Hall–Kier alpha value is -0.570. The fourth-order valence-corrected chi connectivity index (χ4v) is 1.72. The van der Waals surface area contributed by atoms with Crippen molar-refractivity contribution in [1.29, 1.82) is 0 Å². The fourth-order valence-electron chi connectivity index (χ4n) is 1.72. The van der Waals surface area contributed by atoms with Gasteiger partial charge in [0.2, 0.25) is 5.91 Å².